The van der Waals surface area contributed by atoms with E-state index in [9.17, 15) is 0 Å². The quantitative estimate of drug-likeness (QED) is 0.601. The number of rotatable bonds is 6. The third-order valence-electron chi connectivity index (χ3n) is 6.34. The number of hydrogen-bond acceptors (Lipinski definition) is 2. The van der Waals surface area contributed by atoms with E-state index >= 15 is 0 Å². The van der Waals surface area contributed by atoms with Gasteiger partial charge in [-0.3, -0.25) is 4.90 Å². The number of hydrogen-bond donors (Lipinski definition) is 0. The molecule has 1 heterocycles. The lowest BCUT2D eigenvalue weighted by Gasteiger charge is -2.45. The van der Waals surface area contributed by atoms with Crippen molar-refractivity contribution in [1.82, 2.24) is 4.90 Å². The lowest BCUT2D eigenvalue weighted by atomic mass is 9.91. The summed E-state index contributed by atoms with van der Waals surface area (Å²) >= 11 is 0. The maximum absolute atomic E-state index is 2.67. The van der Waals surface area contributed by atoms with Gasteiger partial charge in [0.15, 0.2) is 0 Å². The first-order valence-electron chi connectivity index (χ1n) is 10.9. The van der Waals surface area contributed by atoms with Crippen molar-refractivity contribution in [2.75, 3.05) is 31.1 Å². The summed E-state index contributed by atoms with van der Waals surface area (Å²) in [5.74, 6) is 1.20. The molecule has 1 fully saturated rings. The molecule has 0 unspecified atom stereocenters. The molecule has 0 amide bonds. The molecular weight excluding hydrogens is 340 g/mol. The fourth-order valence-corrected chi connectivity index (χ4v) is 4.27. The molecule has 0 aromatic heterocycles. The van der Waals surface area contributed by atoms with Crippen LogP contribution >= 0.6 is 0 Å². The van der Waals surface area contributed by atoms with Gasteiger partial charge in [0.2, 0.25) is 0 Å². The van der Waals surface area contributed by atoms with E-state index in [4.69, 9.17) is 0 Å². The topological polar surface area (TPSA) is 6.48 Å². The molecule has 0 saturated carbocycles. The van der Waals surface area contributed by atoms with Gasteiger partial charge in [0.05, 0.1) is 0 Å². The summed E-state index contributed by atoms with van der Waals surface area (Å²) < 4.78 is 0. The van der Waals surface area contributed by atoms with Crippen LogP contribution in [0.2, 0.25) is 0 Å². The Balaban J connectivity index is 1.58. The van der Waals surface area contributed by atoms with E-state index in [2.05, 4.69) is 99.9 Å². The third-order valence-corrected chi connectivity index (χ3v) is 6.34. The van der Waals surface area contributed by atoms with Crippen molar-refractivity contribution in [3.8, 4) is 0 Å². The van der Waals surface area contributed by atoms with Crippen molar-refractivity contribution in [2.45, 2.75) is 65.3 Å². The molecule has 2 aromatic carbocycles. The van der Waals surface area contributed by atoms with Gasteiger partial charge in [0.1, 0.15) is 0 Å². The SMILES string of the molecule is CC(C)c1ccc(CC(C)(C)N2CCN(c3ccc(C(C)C)cc3)CC2)cc1. The van der Waals surface area contributed by atoms with Crippen LogP contribution in [0.15, 0.2) is 48.5 Å². The van der Waals surface area contributed by atoms with E-state index < -0.39 is 0 Å². The molecule has 0 spiro atoms. The summed E-state index contributed by atoms with van der Waals surface area (Å²) in [6.45, 7) is 18.3. The molecule has 0 bridgehead atoms. The number of piperazine rings is 1. The second-order valence-corrected chi connectivity index (χ2v) is 9.61. The molecule has 0 N–H and O–H groups in total. The lowest BCUT2D eigenvalue weighted by Crippen LogP contribution is -2.55. The van der Waals surface area contributed by atoms with Crippen LogP contribution in [0.3, 0.4) is 0 Å². The van der Waals surface area contributed by atoms with Crippen molar-refractivity contribution < 1.29 is 0 Å². The molecule has 1 aliphatic rings. The first kappa shape index (κ1) is 20.9. The Labute approximate surface area is 172 Å². The zero-order chi connectivity index (χ0) is 20.3. The maximum atomic E-state index is 2.67. The Kier molecular flexibility index (Phi) is 6.50. The predicted molar refractivity (Wildman–Crippen MR) is 123 cm³/mol. The number of anilines is 1. The van der Waals surface area contributed by atoms with Gasteiger partial charge in [-0.15, -0.1) is 0 Å². The zero-order valence-corrected chi connectivity index (χ0v) is 18.7. The van der Waals surface area contributed by atoms with Gasteiger partial charge in [-0.05, 0) is 60.9 Å². The monoisotopic (exact) mass is 378 g/mol. The van der Waals surface area contributed by atoms with Crippen LogP contribution in [0.5, 0.6) is 0 Å². The van der Waals surface area contributed by atoms with Crippen molar-refractivity contribution in [1.29, 1.82) is 0 Å². The highest BCUT2D eigenvalue weighted by molar-refractivity contribution is 5.48. The fraction of sp³-hybridized carbons (Fsp3) is 0.538. The zero-order valence-electron chi connectivity index (χ0n) is 18.7. The Morgan fingerprint density at radius 2 is 1.18 bits per heavy atom. The van der Waals surface area contributed by atoms with Crippen molar-refractivity contribution in [3.63, 3.8) is 0 Å². The highest BCUT2D eigenvalue weighted by Crippen LogP contribution is 2.26. The van der Waals surface area contributed by atoms with E-state index in [1.165, 1.54) is 22.4 Å². The summed E-state index contributed by atoms with van der Waals surface area (Å²) in [5, 5.41) is 0. The number of nitrogens with zero attached hydrogens (tertiary/aromatic N) is 2. The molecule has 0 radical (unpaired) electrons. The maximum Gasteiger partial charge on any atom is 0.0367 e. The summed E-state index contributed by atoms with van der Waals surface area (Å²) in [4.78, 5) is 5.20. The first-order valence-corrected chi connectivity index (χ1v) is 10.9. The predicted octanol–water partition coefficient (Wildman–Crippen LogP) is 6.08. The molecule has 2 heteroatoms. The van der Waals surface area contributed by atoms with Crippen molar-refractivity contribution >= 4 is 5.69 Å². The van der Waals surface area contributed by atoms with Crippen molar-refractivity contribution in [2.24, 2.45) is 0 Å². The van der Waals surface area contributed by atoms with E-state index in [0.717, 1.165) is 32.6 Å². The average Bonchev–Trinajstić information content (AvgIpc) is 2.68. The minimum absolute atomic E-state index is 0.187. The lowest BCUT2D eigenvalue weighted by molar-refractivity contribution is 0.112. The highest BCUT2D eigenvalue weighted by atomic mass is 15.3. The molecule has 28 heavy (non-hydrogen) atoms. The Morgan fingerprint density at radius 1 is 0.714 bits per heavy atom. The molecule has 2 nitrogen and oxygen atoms in total. The smallest absolute Gasteiger partial charge is 0.0367 e. The minimum Gasteiger partial charge on any atom is -0.369 e. The molecule has 152 valence electrons. The van der Waals surface area contributed by atoms with E-state index in [1.807, 2.05) is 0 Å². The Bertz CT molecular complexity index is 733. The molecule has 0 aliphatic carbocycles. The standard InChI is InChI=1S/C26H38N2/c1-20(2)23-9-7-22(8-10-23)19-26(5,6)28-17-15-27(16-18-28)25-13-11-24(12-14-25)21(3)4/h7-14,20-21H,15-19H2,1-6H3. The Hall–Kier alpha value is -1.80. The van der Waals surface area contributed by atoms with Crippen LogP contribution < -0.4 is 4.90 Å². The average molecular weight is 379 g/mol. The van der Waals surface area contributed by atoms with Crippen LogP contribution in [0.25, 0.3) is 0 Å². The van der Waals surface area contributed by atoms with Gasteiger partial charge < -0.3 is 4.90 Å². The normalized spacial score (nSPS) is 16.2. The molecule has 1 aliphatic heterocycles. The van der Waals surface area contributed by atoms with Gasteiger partial charge in [0, 0.05) is 37.4 Å². The van der Waals surface area contributed by atoms with E-state index in [-0.39, 0.29) is 5.54 Å². The van der Waals surface area contributed by atoms with Gasteiger partial charge in [-0.2, -0.15) is 0 Å². The van der Waals surface area contributed by atoms with E-state index in [0.29, 0.717) is 11.8 Å². The van der Waals surface area contributed by atoms with Crippen molar-refractivity contribution in [3.05, 3.63) is 65.2 Å². The van der Waals surface area contributed by atoms with Crippen LogP contribution in [0.1, 0.15) is 70.1 Å². The summed E-state index contributed by atoms with van der Waals surface area (Å²) in [6, 6.07) is 18.4. The molecule has 0 atom stereocenters. The largest absolute Gasteiger partial charge is 0.369 e. The summed E-state index contributed by atoms with van der Waals surface area (Å²) in [5.41, 5.74) is 5.85. The molecule has 3 rings (SSSR count). The summed E-state index contributed by atoms with van der Waals surface area (Å²) in [7, 11) is 0. The molecule has 1 saturated heterocycles. The van der Waals surface area contributed by atoms with Gasteiger partial charge in [-0.25, -0.2) is 0 Å². The first-order chi connectivity index (χ1) is 13.3. The van der Waals surface area contributed by atoms with Gasteiger partial charge in [0.25, 0.3) is 0 Å². The highest BCUT2D eigenvalue weighted by Gasteiger charge is 2.30. The third kappa shape index (κ3) is 4.97. The van der Waals surface area contributed by atoms with Crippen LogP contribution in [0.4, 0.5) is 5.69 Å². The van der Waals surface area contributed by atoms with E-state index in [1.54, 1.807) is 0 Å². The fourth-order valence-electron chi connectivity index (χ4n) is 4.27. The van der Waals surface area contributed by atoms with Gasteiger partial charge in [-0.1, -0.05) is 64.1 Å². The second kappa shape index (κ2) is 8.69. The van der Waals surface area contributed by atoms with Gasteiger partial charge >= 0.3 is 0 Å². The summed E-state index contributed by atoms with van der Waals surface area (Å²) in [6.07, 6.45) is 1.11. The van der Waals surface area contributed by atoms with Crippen LogP contribution in [0, 0.1) is 0 Å². The molecular formula is C26H38N2. The minimum atomic E-state index is 0.187. The Morgan fingerprint density at radius 3 is 1.64 bits per heavy atom. The number of benzene rings is 2. The van der Waals surface area contributed by atoms with Crippen LogP contribution in [-0.4, -0.2) is 36.6 Å². The molecule has 2 aromatic rings. The van der Waals surface area contributed by atoms with Crippen LogP contribution in [-0.2, 0) is 6.42 Å². The second-order valence-electron chi connectivity index (χ2n) is 9.61.